The van der Waals surface area contributed by atoms with Crippen molar-refractivity contribution in [3.63, 3.8) is 0 Å². The van der Waals surface area contributed by atoms with Gasteiger partial charge in [-0.25, -0.2) is 38.4 Å². The van der Waals surface area contributed by atoms with E-state index < -0.39 is 153 Å². The molecule has 0 spiro atoms. The molecule has 3 aliphatic heterocycles. The molecule has 0 unspecified atom stereocenters. The predicted molar refractivity (Wildman–Crippen MR) is 431 cm³/mol. The van der Waals surface area contributed by atoms with E-state index in [2.05, 4.69) is 51.8 Å². The van der Waals surface area contributed by atoms with Crippen molar-refractivity contribution >= 4 is 100 Å². The molecule has 0 radical (unpaired) electrons. The molecule has 0 saturated carbocycles. The molecule has 125 heavy (non-hydrogen) atoms. The van der Waals surface area contributed by atoms with Gasteiger partial charge in [-0.3, -0.25) is 65.0 Å². The first-order valence-electron chi connectivity index (χ1n) is 36.5. The minimum Gasteiger partial charge on any atom is -0.488 e. The van der Waals surface area contributed by atoms with Gasteiger partial charge in [0, 0.05) is 41.3 Å². The maximum Gasteiger partial charge on any atom is 0.408 e. The average molecular weight is 1770 g/mol. The van der Waals surface area contributed by atoms with Crippen LogP contribution in [0.4, 0.5) is 62.5 Å². The molecule has 0 bridgehead atoms. The van der Waals surface area contributed by atoms with Crippen LogP contribution in [0.5, 0.6) is 28.7 Å². The Labute approximate surface area is 713 Å². The van der Waals surface area contributed by atoms with Crippen LogP contribution in [0.3, 0.4) is 0 Å². The number of hydrogen-bond donors (Lipinski definition) is 15. The van der Waals surface area contributed by atoms with Gasteiger partial charge in [0.1, 0.15) is 79.2 Å². The summed E-state index contributed by atoms with van der Waals surface area (Å²) < 4.78 is 64.9. The number of aliphatic hydroxyl groups excluding tert-OH is 1. The molecule has 17 N–H and O–H groups in total. The van der Waals surface area contributed by atoms with Gasteiger partial charge in [-0.05, 0) is 128 Å². The molecule has 9 rings (SSSR count). The van der Waals surface area contributed by atoms with E-state index in [0.29, 0.717) is 55.7 Å². The number of pyridine rings is 6. The molecule has 3 aliphatic rings. The molecule has 6 aromatic rings. The molecule has 0 saturated heterocycles. The van der Waals surface area contributed by atoms with Crippen molar-refractivity contribution in [2.24, 2.45) is 5.73 Å². The fourth-order valence-corrected chi connectivity index (χ4v) is 8.69. The Balaban J connectivity index is 0.000000499. The number of ether oxygens (including phenoxy) is 10. The zero-order valence-electron chi connectivity index (χ0n) is 70.0. The number of nitrogen functional groups attached to an aromatic ring is 1. The maximum atomic E-state index is 12.5. The number of amides is 8. The number of nitrogens with one attached hydrogen (secondary N) is 7. The van der Waals surface area contributed by atoms with E-state index >= 15 is 0 Å². The molecule has 0 fully saturated rings. The van der Waals surface area contributed by atoms with Crippen molar-refractivity contribution in [2.45, 2.75) is 176 Å². The third kappa shape index (κ3) is 40.8. The minimum absolute atomic E-state index is 0. The van der Waals surface area contributed by atoms with Crippen molar-refractivity contribution in [3.05, 3.63) is 137 Å². The summed E-state index contributed by atoms with van der Waals surface area (Å²) in [7, 11) is 1.68. The Morgan fingerprint density at radius 1 is 0.544 bits per heavy atom. The number of nitro groups is 2. The number of aliphatic carboxylic acids is 3. The number of nitrogens with two attached hydrogens (primary N) is 2. The van der Waals surface area contributed by atoms with Crippen LogP contribution >= 0.6 is 0 Å². The summed E-state index contributed by atoms with van der Waals surface area (Å²) in [5.74, 6) is -4.49. The number of hydrogen-bond acceptors (Lipinski definition) is 34. The lowest BCUT2D eigenvalue weighted by Crippen LogP contribution is -2.48. The fraction of sp³-hybridized carbons (Fsp3) is 0.453. The van der Waals surface area contributed by atoms with Gasteiger partial charge in [0.05, 0.1) is 76.1 Å². The van der Waals surface area contributed by atoms with Crippen LogP contribution in [0.25, 0.3) is 0 Å². The Morgan fingerprint density at radius 3 is 1.28 bits per heavy atom. The fourth-order valence-electron chi connectivity index (χ4n) is 8.69. The Hall–Kier alpha value is -14.9. The van der Waals surface area contributed by atoms with Crippen LogP contribution < -0.4 is 86.7 Å². The van der Waals surface area contributed by atoms with Crippen molar-refractivity contribution in [1.82, 2.24) is 46.5 Å². The number of aromatic nitrogens is 6. The van der Waals surface area contributed by atoms with Crippen molar-refractivity contribution in [2.75, 3.05) is 68.0 Å². The van der Waals surface area contributed by atoms with Gasteiger partial charge in [-0.15, -0.1) is 0 Å². The van der Waals surface area contributed by atoms with E-state index in [1.54, 1.807) is 154 Å². The first-order chi connectivity index (χ1) is 57.4. The number of carbonyl (C=O) groups is 11. The van der Waals surface area contributed by atoms with Gasteiger partial charge in [0.2, 0.25) is 18.3 Å². The summed E-state index contributed by atoms with van der Waals surface area (Å²) in [5, 5.41) is 90.6. The number of rotatable bonds is 17. The van der Waals surface area contributed by atoms with Crippen molar-refractivity contribution in [3.8, 4) is 28.7 Å². The molecule has 6 atom stereocenters. The second-order valence-electron chi connectivity index (χ2n) is 30.4. The van der Waals surface area contributed by atoms with E-state index in [1.165, 1.54) is 35.8 Å². The monoisotopic (exact) mass is 1770 g/mol. The lowest BCUT2D eigenvalue weighted by molar-refractivity contribution is -0.905. The van der Waals surface area contributed by atoms with Gasteiger partial charge in [0.25, 0.3) is 35.8 Å². The molecular formula is C75H105FN18O31+2. The zero-order chi connectivity index (χ0) is 93.9. The minimum atomic E-state index is -1.51. The number of carboxylic acid groups (broad SMARTS) is 3. The standard InChI is InChI=1S/C13H17N3O8.C13H19N3O5.2C13H17N3O4.C9H11N3O2.C8H15NO5.C5H4FN2O3.CH4/c1-13(2,3)24-12(19)14-8(11(17)18)7-23-10-6-15(20)5-4-9(10)16(21)22;1-13(2,3)21-12(19)16-9(11(17)18)7-20-10-6-15-5-4-8(10)14;2*1-13(2,3)20-12(18)16-9-7-19-10-6-14-5-4-8(10)15-11(9)17;1-12-7-2-3-11-4-8(7)14-5-6(10)9(12)13;1-8(2,3)14-7(13)9-5(4-10)6(11)12;6-4-3-7(9)2-1-5(4)8(10)11;/h4-6,8H,7H2,1-3H3,(H2-,14,17,18,19,20);4-6,9H,7H2,1-3H3,(H2,14,15)(H,16,19)(H,17,18);2*4-6,9H,7H2,1-3H3,(H,15,17)(H,16,18);2-4,6H,5,10H2,1H3;5,10H,4H2,1-3H3,(H,9,13)(H,11,12);1-3,9H;1H4/q;;;;;;+1;/p+1/t8-;3*9-;6-;5-;;/m000000../s1. The quantitative estimate of drug-likeness (QED) is 0.0193. The number of likely N-dealkylation sites (N-methyl/N-ethyl adjacent to an activating group) is 1. The predicted octanol–water partition coefficient (Wildman–Crippen LogP) is 4.72. The van der Waals surface area contributed by atoms with Crippen LogP contribution in [-0.2, 0) is 52.5 Å². The SMILES string of the molecule is C.CC(C)(C)OC(=O)N[C@@H](CO)C(=O)O.CC(C)(C)OC(=O)N[C@@H](COc1c[n+](O)ccc1[N+](=O)[O-])C(=O)O.CC(C)(C)OC(=O)N[C@@H](COc1cnccc1N)C(=O)O.CC(C)(C)OC(=O)N[C@H]1COc2cnccc2NC1=O.CC(C)(C)OC(=O)N[C@H]1COc2cnccc2NC1=O.CN1C(=O)[C@@H](N)COc2cnccc21.O=[N+]([O-])c1cc[n+](O)cc1F. The first-order valence-corrected chi connectivity index (χ1v) is 36.5. The number of alkyl carbamates (subject to hydrolysis) is 5. The molecular weight excluding hydrogens is 1670 g/mol. The lowest BCUT2D eigenvalue weighted by Gasteiger charge is -2.22. The number of carboxylic acids is 3. The second-order valence-corrected chi connectivity index (χ2v) is 30.4. The summed E-state index contributed by atoms with van der Waals surface area (Å²) in [6.45, 7) is 23.9. The first kappa shape index (κ1) is 106. The summed E-state index contributed by atoms with van der Waals surface area (Å²) in [4.78, 5) is 162. The second kappa shape index (κ2) is 48.5. The smallest absolute Gasteiger partial charge is 0.408 e. The van der Waals surface area contributed by atoms with Crippen molar-refractivity contribution < 1.29 is 155 Å². The highest BCUT2D eigenvalue weighted by atomic mass is 19.1. The largest absolute Gasteiger partial charge is 0.488 e. The van der Waals surface area contributed by atoms with Gasteiger partial charge in [-0.1, -0.05) is 7.43 Å². The Kier molecular flexibility index (Phi) is 41.2. The number of anilines is 4. The summed E-state index contributed by atoms with van der Waals surface area (Å²) in [6.07, 6.45) is 11.6. The van der Waals surface area contributed by atoms with Crippen LogP contribution in [-0.4, -0.2) is 238 Å². The zero-order valence-corrected chi connectivity index (χ0v) is 70.0. The molecule has 0 aromatic carbocycles. The van der Waals surface area contributed by atoms with Gasteiger partial charge >= 0.3 is 59.7 Å². The molecule has 686 valence electrons. The van der Waals surface area contributed by atoms with Gasteiger partial charge in [0.15, 0.2) is 41.1 Å². The molecule has 50 heteroatoms. The highest BCUT2D eigenvalue weighted by molar-refractivity contribution is 6.00. The topological polar surface area (TPSA) is 687 Å². The Bertz CT molecular complexity index is 4600. The van der Waals surface area contributed by atoms with Crippen LogP contribution in [0.1, 0.15) is 111 Å². The third-order valence-electron chi connectivity index (χ3n) is 14.0. The van der Waals surface area contributed by atoms with E-state index in [4.69, 9.17) is 84.5 Å². The number of nitrogens with zero attached hydrogens (tertiary/aromatic N) is 9. The van der Waals surface area contributed by atoms with E-state index in [1.807, 2.05) is 5.32 Å². The highest BCUT2D eigenvalue weighted by Gasteiger charge is 2.34. The molecule has 0 aliphatic carbocycles. The van der Waals surface area contributed by atoms with Crippen LogP contribution in [0.15, 0.2) is 111 Å². The number of fused-ring (bicyclic) bond motifs is 3. The number of carbonyl (C=O) groups excluding carboxylic acids is 8. The van der Waals surface area contributed by atoms with Gasteiger partial charge in [-0.2, -0.15) is 4.39 Å². The molecule has 9 heterocycles. The number of halogens is 1. The normalized spacial score (nSPS) is 14.9. The Morgan fingerprint density at radius 2 is 0.896 bits per heavy atom. The third-order valence-corrected chi connectivity index (χ3v) is 14.0. The summed E-state index contributed by atoms with van der Waals surface area (Å²) in [5.41, 5.74) is 8.72. The van der Waals surface area contributed by atoms with E-state index in [9.17, 15) is 82.6 Å². The summed E-state index contributed by atoms with van der Waals surface area (Å²) in [6, 6.07) is 2.00. The molecule has 6 aromatic heterocycles. The molecule has 49 nitrogen and oxygen atoms in total. The van der Waals surface area contributed by atoms with Crippen LogP contribution in [0.2, 0.25) is 0 Å². The average Bonchev–Trinajstić information content (AvgIpc) is 1.80. The van der Waals surface area contributed by atoms with E-state index in [-0.39, 0.29) is 63.1 Å². The number of aliphatic hydroxyl groups is 1. The van der Waals surface area contributed by atoms with Gasteiger partial charge < -0.3 is 121 Å². The van der Waals surface area contributed by atoms with Crippen LogP contribution in [0, 0.1) is 26.0 Å². The molecule has 8 amide bonds. The van der Waals surface area contributed by atoms with Crippen molar-refractivity contribution in [1.29, 1.82) is 0 Å². The highest BCUT2D eigenvalue weighted by Crippen LogP contribution is 2.30. The van der Waals surface area contributed by atoms with E-state index in [0.717, 1.165) is 30.7 Å². The summed E-state index contributed by atoms with van der Waals surface area (Å²) >= 11 is 0. The maximum absolute atomic E-state index is 12.5. The lowest BCUT2D eigenvalue weighted by atomic mass is 10.2.